The molecular formula is C19H17ClOS2. The van der Waals surface area contributed by atoms with E-state index in [-0.39, 0.29) is 10.4 Å². The molecule has 0 N–H and O–H groups in total. The van der Waals surface area contributed by atoms with Crippen LogP contribution in [0.25, 0.3) is 11.6 Å². The van der Waals surface area contributed by atoms with Gasteiger partial charge in [0.25, 0.3) is 0 Å². The van der Waals surface area contributed by atoms with Gasteiger partial charge in [0, 0.05) is 10.6 Å². The minimum atomic E-state index is -0.00519. The fraction of sp³-hybridized carbons (Fsp3) is 0.211. The third-order valence-electron chi connectivity index (χ3n) is 3.55. The second-order valence-electron chi connectivity index (χ2n) is 5.27. The van der Waals surface area contributed by atoms with E-state index in [2.05, 4.69) is 0 Å². The van der Waals surface area contributed by atoms with E-state index >= 15 is 0 Å². The number of carbonyl (C=O) groups is 1. The Bertz CT molecular complexity index is 706. The van der Waals surface area contributed by atoms with Crippen LogP contribution in [0.2, 0.25) is 5.02 Å². The average molecular weight is 361 g/mol. The smallest absolute Gasteiger partial charge is 0.186 e. The van der Waals surface area contributed by atoms with Gasteiger partial charge in [-0.25, -0.2) is 0 Å². The van der Waals surface area contributed by atoms with Crippen LogP contribution in [0.3, 0.4) is 0 Å². The summed E-state index contributed by atoms with van der Waals surface area (Å²) in [7, 11) is 0. The molecule has 0 unspecified atom stereocenters. The van der Waals surface area contributed by atoms with Gasteiger partial charge >= 0.3 is 0 Å². The Morgan fingerprint density at radius 1 is 1.04 bits per heavy atom. The molecule has 0 radical (unpaired) electrons. The molecule has 4 heteroatoms. The Hall–Kier alpha value is -1.16. The number of benzene rings is 2. The van der Waals surface area contributed by atoms with E-state index in [1.165, 1.54) is 6.42 Å². The molecule has 3 rings (SSSR count). The zero-order valence-corrected chi connectivity index (χ0v) is 15.0. The van der Waals surface area contributed by atoms with Gasteiger partial charge in [0.1, 0.15) is 4.58 Å². The Morgan fingerprint density at radius 2 is 1.78 bits per heavy atom. The summed E-state index contributed by atoms with van der Waals surface area (Å²) < 4.78 is -0.00519. The van der Waals surface area contributed by atoms with Crippen molar-refractivity contribution in [2.75, 3.05) is 11.5 Å². The molecule has 0 spiro atoms. The second kappa shape index (κ2) is 8.09. The lowest BCUT2D eigenvalue weighted by Gasteiger charge is -2.21. The first kappa shape index (κ1) is 16.7. The molecule has 0 saturated carbocycles. The maximum Gasteiger partial charge on any atom is 0.186 e. The highest BCUT2D eigenvalue weighted by Crippen LogP contribution is 2.35. The quantitative estimate of drug-likeness (QED) is 0.518. The van der Waals surface area contributed by atoms with Crippen molar-refractivity contribution in [1.82, 2.24) is 0 Å². The van der Waals surface area contributed by atoms with Crippen LogP contribution >= 0.6 is 35.1 Å². The predicted molar refractivity (Wildman–Crippen MR) is 104 cm³/mol. The first-order chi connectivity index (χ1) is 11.2. The highest BCUT2D eigenvalue weighted by molar-refractivity contribution is 8.18. The zero-order chi connectivity index (χ0) is 16.1. The molecule has 1 heterocycles. The molecule has 2 aromatic rings. The summed E-state index contributed by atoms with van der Waals surface area (Å²) in [5, 5.41) is 0.681. The number of ketones is 1. The first-order valence-electron chi connectivity index (χ1n) is 7.54. The topological polar surface area (TPSA) is 17.1 Å². The lowest BCUT2D eigenvalue weighted by atomic mass is 9.99. The number of Topliss-reactive ketones (excluding diaryl/α,β-unsaturated/α-hetero) is 1. The SMILES string of the molecule is O=C(C(=Cc1cccc(Cl)c1)c1ccccc1)C1SCCCS1. The van der Waals surface area contributed by atoms with Crippen molar-refractivity contribution in [3.63, 3.8) is 0 Å². The third-order valence-corrected chi connectivity index (χ3v) is 6.69. The molecule has 0 aliphatic carbocycles. The molecule has 0 atom stereocenters. The molecule has 0 aromatic heterocycles. The maximum atomic E-state index is 13.0. The Balaban J connectivity index is 1.98. The highest BCUT2D eigenvalue weighted by atomic mass is 35.5. The molecule has 23 heavy (non-hydrogen) atoms. The van der Waals surface area contributed by atoms with Crippen LogP contribution in [0.4, 0.5) is 0 Å². The molecule has 2 aromatic carbocycles. The molecular weight excluding hydrogens is 344 g/mol. The summed E-state index contributed by atoms with van der Waals surface area (Å²) >= 11 is 9.59. The average Bonchev–Trinajstić information content (AvgIpc) is 2.61. The number of carbonyl (C=O) groups excluding carboxylic acids is 1. The number of thioether (sulfide) groups is 2. The molecule has 1 aliphatic rings. The van der Waals surface area contributed by atoms with Crippen molar-refractivity contribution in [2.24, 2.45) is 0 Å². The van der Waals surface area contributed by atoms with Crippen LogP contribution in [-0.2, 0) is 4.79 Å². The van der Waals surface area contributed by atoms with E-state index in [9.17, 15) is 4.79 Å². The molecule has 118 valence electrons. The van der Waals surface area contributed by atoms with Gasteiger partial charge in [0.2, 0.25) is 0 Å². The van der Waals surface area contributed by atoms with Gasteiger partial charge in [0.05, 0.1) is 0 Å². The molecule has 1 nitrogen and oxygen atoms in total. The van der Waals surface area contributed by atoms with E-state index < -0.39 is 0 Å². The van der Waals surface area contributed by atoms with Crippen molar-refractivity contribution < 1.29 is 4.79 Å². The van der Waals surface area contributed by atoms with Crippen molar-refractivity contribution in [3.05, 3.63) is 70.7 Å². The van der Waals surface area contributed by atoms with Crippen LogP contribution in [0, 0.1) is 0 Å². The van der Waals surface area contributed by atoms with Crippen molar-refractivity contribution in [3.8, 4) is 0 Å². The van der Waals surface area contributed by atoms with Crippen LogP contribution in [0.5, 0.6) is 0 Å². The van der Waals surface area contributed by atoms with Gasteiger partial charge in [-0.3, -0.25) is 4.79 Å². The van der Waals surface area contributed by atoms with E-state index in [0.717, 1.165) is 28.2 Å². The van der Waals surface area contributed by atoms with E-state index in [1.54, 1.807) is 23.5 Å². The third kappa shape index (κ3) is 4.43. The van der Waals surface area contributed by atoms with Gasteiger partial charge < -0.3 is 0 Å². The molecule has 1 saturated heterocycles. The molecule has 1 aliphatic heterocycles. The monoisotopic (exact) mass is 360 g/mol. The number of hydrogen-bond acceptors (Lipinski definition) is 3. The van der Waals surface area contributed by atoms with Crippen molar-refractivity contribution in [1.29, 1.82) is 0 Å². The minimum absolute atomic E-state index is 0.00519. The van der Waals surface area contributed by atoms with Gasteiger partial charge in [-0.2, -0.15) is 0 Å². The van der Waals surface area contributed by atoms with Gasteiger partial charge in [0.15, 0.2) is 5.78 Å². The maximum absolute atomic E-state index is 13.0. The summed E-state index contributed by atoms with van der Waals surface area (Å²) in [6.45, 7) is 0. The summed E-state index contributed by atoms with van der Waals surface area (Å²) in [4.78, 5) is 13.0. The van der Waals surface area contributed by atoms with Gasteiger partial charge in [-0.05, 0) is 47.3 Å². The van der Waals surface area contributed by atoms with Crippen LogP contribution in [-0.4, -0.2) is 21.9 Å². The molecule has 0 bridgehead atoms. The Labute approximate surface area is 150 Å². The van der Waals surface area contributed by atoms with E-state index in [4.69, 9.17) is 11.6 Å². The first-order valence-corrected chi connectivity index (χ1v) is 10.0. The summed E-state index contributed by atoms with van der Waals surface area (Å²) in [5.41, 5.74) is 2.68. The fourth-order valence-electron chi connectivity index (χ4n) is 2.44. The second-order valence-corrected chi connectivity index (χ2v) is 8.43. The largest absolute Gasteiger partial charge is 0.292 e. The molecule has 1 fully saturated rings. The van der Waals surface area contributed by atoms with Gasteiger partial charge in [-0.1, -0.05) is 54.1 Å². The standard InChI is InChI=1S/C19H17ClOS2/c20-16-9-4-6-14(12-16)13-17(15-7-2-1-3-8-15)18(21)19-22-10-5-11-23-19/h1-4,6-9,12-13,19H,5,10-11H2. The van der Waals surface area contributed by atoms with Crippen LogP contribution < -0.4 is 0 Å². The minimum Gasteiger partial charge on any atom is -0.292 e. The van der Waals surface area contributed by atoms with Crippen molar-refractivity contribution >= 4 is 52.6 Å². The Morgan fingerprint density at radius 3 is 2.48 bits per heavy atom. The van der Waals surface area contributed by atoms with Crippen LogP contribution in [0.15, 0.2) is 54.6 Å². The van der Waals surface area contributed by atoms with Crippen LogP contribution in [0.1, 0.15) is 17.5 Å². The number of halogens is 1. The number of rotatable bonds is 4. The Kier molecular flexibility index (Phi) is 5.87. The predicted octanol–water partition coefficient (Wildman–Crippen LogP) is 5.65. The summed E-state index contributed by atoms with van der Waals surface area (Å²) in [6, 6.07) is 17.5. The zero-order valence-electron chi connectivity index (χ0n) is 12.6. The van der Waals surface area contributed by atoms with Crippen molar-refractivity contribution in [2.45, 2.75) is 11.0 Å². The molecule has 0 amide bonds. The summed E-state index contributed by atoms with van der Waals surface area (Å²) in [5.74, 6) is 2.32. The summed E-state index contributed by atoms with van der Waals surface area (Å²) in [6.07, 6.45) is 3.14. The number of allylic oxidation sites excluding steroid dienone is 1. The van der Waals surface area contributed by atoms with Gasteiger partial charge in [-0.15, -0.1) is 23.5 Å². The highest BCUT2D eigenvalue weighted by Gasteiger charge is 2.26. The normalized spacial score (nSPS) is 16.3. The fourth-order valence-corrected chi connectivity index (χ4v) is 5.39. The van der Waals surface area contributed by atoms with E-state index in [1.807, 2.05) is 60.7 Å². The lowest BCUT2D eigenvalue weighted by molar-refractivity contribution is -0.112. The van der Waals surface area contributed by atoms with E-state index in [0.29, 0.717) is 5.02 Å². The number of hydrogen-bond donors (Lipinski definition) is 0. The lowest BCUT2D eigenvalue weighted by Crippen LogP contribution is -2.19.